The third-order valence-electron chi connectivity index (χ3n) is 2.41. The van der Waals surface area contributed by atoms with E-state index >= 15 is 0 Å². The molecule has 0 fully saturated rings. The van der Waals surface area contributed by atoms with E-state index in [2.05, 4.69) is 4.98 Å². The van der Waals surface area contributed by atoms with Gasteiger partial charge in [-0.2, -0.15) is 0 Å². The molecule has 6 heteroatoms. The molecule has 98 valence electrons. The van der Waals surface area contributed by atoms with Gasteiger partial charge in [-0.05, 0) is 18.6 Å². The Kier molecular flexibility index (Phi) is 3.91. The van der Waals surface area contributed by atoms with Crippen LogP contribution in [0.3, 0.4) is 0 Å². The second kappa shape index (κ2) is 5.62. The summed E-state index contributed by atoms with van der Waals surface area (Å²) in [7, 11) is 0. The third kappa shape index (κ3) is 3.17. The van der Waals surface area contributed by atoms with Crippen LogP contribution in [-0.4, -0.2) is 28.4 Å². The van der Waals surface area contributed by atoms with Crippen molar-refractivity contribution >= 4 is 23.1 Å². The van der Waals surface area contributed by atoms with Gasteiger partial charge in [0.2, 0.25) is 5.78 Å². The fourth-order valence-corrected chi connectivity index (χ4v) is 2.14. The molecule has 0 aliphatic rings. The number of hydrogen-bond acceptors (Lipinski definition) is 5. The number of nitrogens with zero attached hydrogens (tertiary/aromatic N) is 1. The van der Waals surface area contributed by atoms with Gasteiger partial charge in [0.15, 0.2) is 17.3 Å². The van der Waals surface area contributed by atoms with Crippen molar-refractivity contribution in [2.45, 2.75) is 6.92 Å². The number of carbonyl (C=O) groups is 2. The second-order valence-corrected chi connectivity index (χ2v) is 4.68. The summed E-state index contributed by atoms with van der Waals surface area (Å²) in [6.07, 6.45) is 0. The van der Waals surface area contributed by atoms with Gasteiger partial charge < -0.3 is 9.84 Å². The number of carboxylic acids is 1. The van der Waals surface area contributed by atoms with Crippen LogP contribution in [0.5, 0.6) is 5.75 Å². The van der Waals surface area contributed by atoms with Gasteiger partial charge in [0, 0.05) is 5.38 Å². The van der Waals surface area contributed by atoms with E-state index in [1.54, 1.807) is 6.07 Å². The molecule has 0 spiro atoms. The molecular formula is C13H11NO4S. The van der Waals surface area contributed by atoms with Gasteiger partial charge in [-0.1, -0.05) is 18.2 Å². The minimum absolute atomic E-state index is 0.121. The zero-order chi connectivity index (χ0) is 13.8. The van der Waals surface area contributed by atoms with Crippen molar-refractivity contribution in [1.29, 1.82) is 0 Å². The molecule has 5 nitrogen and oxygen atoms in total. The SMILES string of the molecule is Cc1ccccc1OCC(=O)c1nc(C(=O)O)cs1. The van der Waals surface area contributed by atoms with Crippen LogP contribution in [0, 0.1) is 6.92 Å². The first-order chi connectivity index (χ1) is 9.08. The summed E-state index contributed by atoms with van der Waals surface area (Å²) >= 11 is 1.00. The van der Waals surface area contributed by atoms with Crippen LogP contribution in [0.4, 0.5) is 0 Å². The fourth-order valence-electron chi connectivity index (χ4n) is 1.42. The molecule has 0 amide bonds. The maximum absolute atomic E-state index is 11.8. The van der Waals surface area contributed by atoms with Crippen LogP contribution < -0.4 is 4.74 Å². The number of aromatic carboxylic acids is 1. The molecule has 0 aliphatic heterocycles. The molecule has 1 aromatic carbocycles. The van der Waals surface area contributed by atoms with E-state index in [1.165, 1.54) is 5.38 Å². The van der Waals surface area contributed by atoms with Crippen molar-refractivity contribution in [3.05, 3.63) is 45.9 Å². The molecule has 1 N–H and O–H groups in total. The Morgan fingerprint density at radius 2 is 2.11 bits per heavy atom. The molecule has 2 rings (SSSR count). The Bertz CT molecular complexity index is 621. The highest BCUT2D eigenvalue weighted by molar-refractivity contribution is 7.12. The highest BCUT2D eigenvalue weighted by Gasteiger charge is 2.15. The maximum atomic E-state index is 11.8. The first-order valence-electron chi connectivity index (χ1n) is 5.48. The third-order valence-corrected chi connectivity index (χ3v) is 3.30. The second-order valence-electron chi connectivity index (χ2n) is 3.82. The van der Waals surface area contributed by atoms with E-state index in [4.69, 9.17) is 9.84 Å². The van der Waals surface area contributed by atoms with Crippen LogP contribution in [0.15, 0.2) is 29.6 Å². The number of ether oxygens (including phenoxy) is 1. The van der Waals surface area contributed by atoms with Crippen LogP contribution in [0.1, 0.15) is 25.9 Å². The van der Waals surface area contributed by atoms with Gasteiger partial charge in [-0.15, -0.1) is 11.3 Å². The lowest BCUT2D eigenvalue weighted by Crippen LogP contribution is -2.12. The average molecular weight is 277 g/mol. The Balaban J connectivity index is 2.01. The highest BCUT2D eigenvalue weighted by atomic mass is 32.1. The van der Waals surface area contributed by atoms with Crippen LogP contribution in [0.25, 0.3) is 0 Å². The standard InChI is InChI=1S/C13H11NO4S/c1-8-4-2-3-5-11(8)18-6-10(15)12-14-9(7-19-12)13(16)17/h2-5,7H,6H2,1H3,(H,16,17). The monoisotopic (exact) mass is 277 g/mol. The molecule has 0 aliphatic carbocycles. The fraction of sp³-hybridized carbons (Fsp3) is 0.154. The van der Waals surface area contributed by atoms with E-state index in [0.717, 1.165) is 16.9 Å². The maximum Gasteiger partial charge on any atom is 0.355 e. The molecule has 19 heavy (non-hydrogen) atoms. The molecule has 0 saturated heterocycles. The van der Waals surface area contributed by atoms with E-state index < -0.39 is 5.97 Å². The van der Waals surface area contributed by atoms with Gasteiger partial charge in [0.05, 0.1) is 0 Å². The van der Waals surface area contributed by atoms with Crippen LogP contribution in [-0.2, 0) is 0 Å². The number of benzene rings is 1. The first-order valence-corrected chi connectivity index (χ1v) is 6.36. The van der Waals surface area contributed by atoms with E-state index in [1.807, 2.05) is 25.1 Å². The molecule has 0 bridgehead atoms. The Morgan fingerprint density at radius 3 is 2.74 bits per heavy atom. The number of para-hydroxylation sites is 1. The predicted octanol–water partition coefficient (Wildman–Crippen LogP) is 2.41. The van der Waals surface area contributed by atoms with Crippen LogP contribution in [0.2, 0.25) is 0 Å². The van der Waals surface area contributed by atoms with Crippen molar-refractivity contribution in [3.8, 4) is 5.75 Å². The number of rotatable bonds is 5. The Labute approximate surface area is 113 Å². The zero-order valence-corrected chi connectivity index (χ0v) is 10.9. The number of aryl methyl sites for hydroxylation is 1. The number of Topliss-reactive ketones (excluding diaryl/α,β-unsaturated/α-hetero) is 1. The van der Waals surface area contributed by atoms with Gasteiger partial charge >= 0.3 is 5.97 Å². The molecule has 1 heterocycles. The summed E-state index contributed by atoms with van der Waals surface area (Å²) in [5.41, 5.74) is 0.810. The molecule has 0 radical (unpaired) electrons. The summed E-state index contributed by atoms with van der Waals surface area (Å²) in [6.45, 7) is 1.73. The number of carbonyl (C=O) groups excluding carboxylic acids is 1. The van der Waals surface area contributed by atoms with Crippen molar-refractivity contribution in [2.24, 2.45) is 0 Å². The molecule has 2 aromatic rings. The predicted molar refractivity (Wildman–Crippen MR) is 70.1 cm³/mol. The molecular weight excluding hydrogens is 266 g/mol. The molecule has 0 unspecified atom stereocenters. The summed E-state index contributed by atoms with van der Waals surface area (Å²) in [5.74, 6) is -0.846. The van der Waals surface area contributed by atoms with Gasteiger partial charge in [0.1, 0.15) is 5.75 Å². The van der Waals surface area contributed by atoms with Gasteiger partial charge in [-0.3, -0.25) is 4.79 Å². The highest BCUT2D eigenvalue weighted by Crippen LogP contribution is 2.17. The Hall–Kier alpha value is -2.21. The number of ketones is 1. The average Bonchev–Trinajstić information content (AvgIpc) is 2.87. The molecule has 1 aromatic heterocycles. The van der Waals surface area contributed by atoms with Crippen LogP contribution >= 0.6 is 11.3 Å². The number of thiazole rings is 1. The largest absolute Gasteiger partial charge is 0.485 e. The summed E-state index contributed by atoms with van der Waals surface area (Å²) < 4.78 is 5.39. The van der Waals surface area contributed by atoms with Gasteiger partial charge in [0.25, 0.3) is 0 Å². The first kappa shape index (κ1) is 13.2. The van der Waals surface area contributed by atoms with E-state index in [-0.39, 0.29) is 23.1 Å². The minimum Gasteiger partial charge on any atom is -0.485 e. The summed E-state index contributed by atoms with van der Waals surface area (Å²) in [6, 6.07) is 7.35. The summed E-state index contributed by atoms with van der Waals surface area (Å²) in [5, 5.41) is 10.2. The van der Waals surface area contributed by atoms with Crippen molar-refractivity contribution in [2.75, 3.05) is 6.61 Å². The smallest absolute Gasteiger partial charge is 0.355 e. The quantitative estimate of drug-likeness (QED) is 0.849. The van der Waals surface area contributed by atoms with Crippen molar-refractivity contribution in [3.63, 3.8) is 0 Å². The minimum atomic E-state index is -1.14. The van der Waals surface area contributed by atoms with Gasteiger partial charge in [-0.25, -0.2) is 9.78 Å². The lowest BCUT2D eigenvalue weighted by Gasteiger charge is -2.06. The summed E-state index contributed by atoms with van der Waals surface area (Å²) in [4.78, 5) is 26.2. The van der Waals surface area contributed by atoms with Crippen molar-refractivity contribution < 1.29 is 19.4 Å². The Morgan fingerprint density at radius 1 is 1.37 bits per heavy atom. The molecule has 0 atom stereocenters. The lowest BCUT2D eigenvalue weighted by atomic mass is 10.2. The van der Waals surface area contributed by atoms with Crippen molar-refractivity contribution in [1.82, 2.24) is 4.98 Å². The lowest BCUT2D eigenvalue weighted by molar-refractivity contribution is 0.0691. The van der Waals surface area contributed by atoms with E-state index in [9.17, 15) is 9.59 Å². The zero-order valence-electron chi connectivity index (χ0n) is 10.1. The molecule has 0 saturated carbocycles. The number of carboxylic acid groups (broad SMARTS) is 1. The number of aromatic nitrogens is 1. The normalized spacial score (nSPS) is 10.2. The number of hydrogen-bond donors (Lipinski definition) is 1. The van der Waals surface area contributed by atoms with E-state index in [0.29, 0.717) is 5.75 Å². The topological polar surface area (TPSA) is 76.5 Å².